The molecule has 0 aliphatic carbocycles. The van der Waals surface area contributed by atoms with Crippen LogP contribution in [0.4, 0.5) is 0 Å². The Kier molecular flexibility index (Phi) is 11.4. The SMILES string of the molecule is CCC[CH2][Sn]([CH2]CCC)([CH2]CCC)[CH](C(C)=O)C(C)C. The number of carbonyl (C=O) groups excluding carboxylic acids is 1. The molecule has 0 heterocycles. The Labute approximate surface area is 132 Å². The van der Waals surface area contributed by atoms with E-state index < -0.39 is 18.4 Å². The van der Waals surface area contributed by atoms with E-state index in [9.17, 15) is 4.79 Å². The van der Waals surface area contributed by atoms with Gasteiger partial charge in [-0.2, -0.15) is 0 Å². The van der Waals surface area contributed by atoms with Crippen LogP contribution in [0.3, 0.4) is 0 Å². The molecule has 0 radical (unpaired) electrons. The maximum atomic E-state index is 12.4. The summed E-state index contributed by atoms with van der Waals surface area (Å²) in [5.41, 5.74) is 0. The van der Waals surface area contributed by atoms with Crippen molar-refractivity contribution in [3.05, 3.63) is 0 Å². The van der Waals surface area contributed by atoms with Gasteiger partial charge in [-0.05, 0) is 0 Å². The number of unbranched alkanes of at least 4 members (excludes halogenated alkanes) is 3. The molecule has 0 N–H and O–H groups in total. The van der Waals surface area contributed by atoms with Gasteiger partial charge < -0.3 is 0 Å². The minimum absolute atomic E-state index is 0.467. The van der Waals surface area contributed by atoms with E-state index in [0.717, 1.165) is 0 Å². The fourth-order valence-electron chi connectivity index (χ4n) is 4.04. The van der Waals surface area contributed by atoms with Gasteiger partial charge in [0.15, 0.2) is 0 Å². The third-order valence-electron chi connectivity index (χ3n) is 4.85. The van der Waals surface area contributed by atoms with Gasteiger partial charge in [-0.1, -0.05) is 0 Å². The molecule has 1 nitrogen and oxygen atoms in total. The normalized spacial score (nSPS) is 13.8. The van der Waals surface area contributed by atoms with Crippen LogP contribution in [0.1, 0.15) is 80.1 Å². The van der Waals surface area contributed by atoms with Gasteiger partial charge in [-0.15, -0.1) is 0 Å². The van der Waals surface area contributed by atoms with E-state index >= 15 is 0 Å². The van der Waals surface area contributed by atoms with Crippen LogP contribution in [0.5, 0.6) is 0 Å². The first-order valence-corrected chi connectivity index (χ1v) is 16.7. The van der Waals surface area contributed by atoms with E-state index in [1.165, 1.54) is 51.8 Å². The van der Waals surface area contributed by atoms with Gasteiger partial charge >= 0.3 is 132 Å². The molecule has 0 bridgehead atoms. The first-order chi connectivity index (χ1) is 9.45. The second kappa shape index (κ2) is 11.1. The van der Waals surface area contributed by atoms with Crippen molar-refractivity contribution in [2.45, 2.75) is 97.3 Å². The van der Waals surface area contributed by atoms with Gasteiger partial charge in [0.1, 0.15) is 0 Å². The summed E-state index contributed by atoms with van der Waals surface area (Å²) in [5.74, 6) is 1.08. The number of rotatable bonds is 12. The van der Waals surface area contributed by atoms with Crippen molar-refractivity contribution in [2.75, 3.05) is 0 Å². The summed E-state index contributed by atoms with van der Waals surface area (Å²) in [6.45, 7) is 13.4. The Morgan fingerprint density at radius 2 is 1.20 bits per heavy atom. The second-order valence-electron chi connectivity index (χ2n) is 7.01. The summed E-state index contributed by atoms with van der Waals surface area (Å²) >= 11 is -2.35. The zero-order valence-electron chi connectivity index (χ0n) is 14.9. The van der Waals surface area contributed by atoms with E-state index in [2.05, 4.69) is 34.6 Å². The van der Waals surface area contributed by atoms with Crippen molar-refractivity contribution in [3.63, 3.8) is 0 Å². The van der Waals surface area contributed by atoms with Crippen LogP contribution >= 0.6 is 0 Å². The van der Waals surface area contributed by atoms with E-state index in [-0.39, 0.29) is 0 Å². The van der Waals surface area contributed by atoms with Gasteiger partial charge in [0.05, 0.1) is 0 Å². The monoisotopic (exact) mass is 390 g/mol. The van der Waals surface area contributed by atoms with E-state index in [1.807, 2.05) is 6.92 Å². The van der Waals surface area contributed by atoms with Crippen LogP contribution < -0.4 is 0 Å². The molecule has 0 spiro atoms. The summed E-state index contributed by atoms with van der Waals surface area (Å²) in [7, 11) is 0. The molecular weight excluding hydrogens is 351 g/mol. The summed E-state index contributed by atoms with van der Waals surface area (Å²) < 4.78 is 4.82. The van der Waals surface area contributed by atoms with Crippen LogP contribution in [0.15, 0.2) is 0 Å². The molecule has 2 heteroatoms. The van der Waals surface area contributed by atoms with E-state index in [4.69, 9.17) is 0 Å². The summed E-state index contributed by atoms with van der Waals surface area (Å²) in [6, 6.07) is 0. The van der Waals surface area contributed by atoms with Gasteiger partial charge in [0.2, 0.25) is 0 Å². The molecule has 0 aromatic heterocycles. The molecule has 0 saturated heterocycles. The van der Waals surface area contributed by atoms with Crippen LogP contribution in [-0.4, -0.2) is 24.2 Å². The third kappa shape index (κ3) is 6.49. The Morgan fingerprint density at radius 1 is 0.850 bits per heavy atom. The third-order valence-corrected chi connectivity index (χ3v) is 23.2. The molecular formula is C18H38OSn. The summed E-state index contributed by atoms with van der Waals surface area (Å²) in [6.07, 6.45) is 7.96. The predicted molar refractivity (Wildman–Crippen MR) is 94.2 cm³/mol. The molecule has 0 fully saturated rings. The van der Waals surface area contributed by atoms with Crippen molar-refractivity contribution in [2.24, 2.45) is 5.92 Å². The topological polar surface area (TPSA) is 17.1 Å². The average molecular weight is 389 g/mol. The zero-order chi connectivity index (χ0) is 15.6. The fraction of sp³-hybridized carbons (Fsp3) is 0.944. The Morgan fingerprint density at radius 3 is 1.40 bits per heavy atom. The molecule has 0 aromatic carbocycles. The number of hydrogen-bond donors (Lipinski definition) is 0. The Balaban J connectivity index is 5.32. The van der Waals surface area contributed by atoms with Gasteiger partial charge in [0, 0.05) is 0 Å². The molecule has 0 aliphatic heterocycles. The zero-order valence-corrected chi connectivity index (χ0v) is 17.8. The van der Waals surface area contributed by atoms with Crippen LogP contribution in [0.2, 0.25) is 17.2 Å². The van der Waals surface area contributed by atoms with Crippen molar-refractivity contribution >= 4 is 24.2 Å². The first-order valence-electron chi connectivity index (χ1n) is 8.95. The molecule has 120 valence electrons. The van der Waals surface area contributed by atoms with E-state index in [0.29, 0.717) is 15.6 Å². The molecule has 0 rings (SSSR count). The van der Waals surface area contributed by atoms with Crippen LogP contribution in [0, 0.1) is 5.92 Å². The van der Waals surface area contributed by atoms with Crippen molar-refractivity contribution in [1.82, 2.24) is 0 Å². The molecule has 0 amide bonds. The van der Waals surface area contributed by atoms with Crippen molar-refractivity contribution in [1.29, 1.82) is 0 Å². The van der Waals surface area contributed by atoms with Gasteiger partial charge in [-0.25, -0.2) is 0 Å². The fourth-order valence-corrected chi connectivity index (χ4v) is 24.4. The number of Topliss-reactive ketones (excluding diaryl/α,β-unsaturated/α-hetero) is 1. The van der Waals surface area contributed by atoms with Gasteiger partial charge in [0.25, 0.3) is 0 Å². The minimum atomic E-state index is -2.35. The quantitative estimate of drug-likeness (QED) is 0.351. The predicted octanol–water partition coefficient (Wildman–Crippen LogP) is 6.45. The summed E-state index contributed by atoms with van der Waals surface area (Å²) in [5, 5.41) is 0. The Bertz CT molecular complexity index is 238. The molecule has 0 saturated carbocycles. The van der Waals surface area contributed by atoms with Crippen molar-refractivity contribution in [3.8, 4) is 0 Å². The molecule has 0 aromatic rings. The molecule has 0 aliphatic rings. The molecule has 1 unspecified atom stereocenters. The number of hydrogen-bond acceptors (Lipinski definition) is 1. The van der Waals surface area contributed by atoms with Crippen LogP contribution in [-0.2, 0) is 4.79 Å². The maximum absolute atomic E-state index is 12.4. The molecule has 20 heavy (non-hydrogen) atoms. The number of ketones is 1. The van der Waals surface area contributed by atoms with E-state index in [1.54, 1.807) is 0 Å². The second-order valence-corrected chi connectivity index (χ2v) is 20.8. The molecule has 1 atom stereocenters. The van der Waals surface area contributed by atoms with Crippen molar-refractivity contribution < 1.29 is 4.79 Å². The van der Waals surface area contributed by atoms with Crippen LogP contribution in [0.25, 0.3) is 0 Å². The average Bonchev–Trinajstić information content (AvgIpc) is 2.39. The number of carbonyl (C=O) groups is 1. The summed E-state index contributed by atoms with van der Waals surface area (Å²) in [4.78, 5) is 12.4. The first kappa shape index (κ1) is 20.5. The Hall–Kier alpha value is 0.469. The standard InChI is InChI=1S/C6H11O.3C4H9.Sn/c1-5(2)4-6(3)7;3*1-3-4-2;/h4-5H,1-3H3;3*1,3-4H2,2H3;. The van der Waals surface area contributed by atoms with Gasteiger partial charge in [-0.3, -0.25) is 0 Å².